The van der Waals surface area contributed by atoms with Crippen LogP contribution in [0.5, 0.6) is 0 Å². The fraction of sp³-hybridized carbons (Fsp3) is 0.400. The highest BCUT2D eigenvalue weighted by atomic mass is 16.5. The number of ether oxygens (including phenoxy) is 1. The van der Waals surface area contributed by atoms with Gasteiger partial charge >= 0.3 is 5.97 Å². The zero-order valence-corrected chi connectivity index (χ0v) is 12.5. The molecule has 0 fully saturated rings. The van der Waals surface area contributed by atoms with Gasteiger partial charge in [-0.15, -0.1) is 5.10 Å². The first kappa shape index (κ1) is 15.0. The van der Waals surface area contributed by atoms with Gasteiger partial charge in [-0.05, 0) is 16.5 Å². The van der Waals surface area contributed by atoms with E-state index in [1.807, 2.05) is 12.1 Å². The smallest absolute Gasteiger partial charge is 0.328 e. The second kappa shape index (κ2) is 5.95. The van der Waals surface area contributed by atoms with Crippen LogP contribution in [0.1, 0.15) is 31.9 Å². The summed E-state index contributed by atoms with van der Waals surface area (Å²) < 4.78 is 6.55. The highest BCUT2D eigenvalue weighted by molar-refractivity contribution is 5.69. The lowest BCUT2D eigenvalue weighted by atomic mass is 9.87. The Labute approximate surface area is 123 Å². The largest absolute Gasteiger partial charge is 0.459 e. The molecule has 0 saturated carbocycles. The van der Waals surface area contributed by atoms with Gasteiger partial charge in [-0.3, -0.25) is 4.79 Å². The van der Waals surface area contributed by atoms with Crippen molar-refractivity contribution < 1.29 is 9.53 Å². The quantitative estimate of drug-likeness (QED) is 0.869. The van der Waals surface area contributed by atoms with Gasteiger partial charge in [0.2, 0.25) is 5.95 Å². The van der Waals surface area contributed by atoms with Gasteiger partial charge in [-0.1, -0.05) is 45.0 Å². The number of nitrogen functional groups attached to an aromatic ring is 1. The Hall–Kier alpha value is -2.37. The SMILES string of the molecule is CC(C)(C)c1ccc(COC(=O)Cn2cnc(N)n2)cc1. The minimum absolute atomic E-state index is 0.00424. The maximum atomic E-state index is 11.7. The predicted octanol–water partition coefficient (Wildman–Crippen LogP) is 1.90. The Balaban J connectivity index is 1.86. The fourth-order valence-corrected chi connectivity index (χ4v) is 1.83. The first-order valence-corrected chi connectivity index (χ1v) is 6.74. The van der Waals surface area contributed by atoms with Crippen molar-refractivity contribution in [1.82, 2.24) is 14.8 Å². The van der Waals surface area contributed by atoms with Crippen molar-refractivity contribution in [3.8, 4) is 0 Å². The highest BCUT2D eigenvalue weighted by Gasteiger charge is 2.13. The number of nitrogens with two attached hydrogens (primary N) is 1. The molecule has 0 aliphatic rings. The van der Waals surface area contributed by atoms with Gasteiger partial charge in [-0.25, -0.2) is 9.67 Å². The predicted molar refractivity (Wildman–Crippen MR) is 79.4 cm³/mol. The molecule has 1 aromatic heterocycles. The lowest BCUT2D eigenvalue weighted by Crippen LogP contribution is -2.14. The van der Waals surface area contributed by atoms with Crippen LogP contribution in [0.3, 0.4) is 0 Å². The molecule has 0 spiro atoms. The summed E-state index contributed by atoms with van der Waals surface area (Å²) in [6, 6.07) is 8.06. The molecule has 112 valence electrons. The molecule has 21 heavy (non-hydrogen) atoms. The Kier molecular flexibility index (Phi) is 4.26. The normalized spacial score (nSPS) is 11.4. The Bertz CT molecular complexity index is 611. The molecule has 0 radical (unpaired) electrons. The van der Waals surface area contributed by atoms with E-state index in [4.69, 9.17) is 10.5 Å². The first-order valence-electron chi connectivity index (χ1n) is 6.74. The molecule has 2 rings (SSSR count). The van der Waals surface area contributed by atoms with Crippen molar-refractivity contribution in [3.63, 3.8) is 0 Å². The average Bonchev–Trinajstić information content (AvgIpc) is 2.81. The summed E-state index contributed by atoms with van der Waals surface area (Å²) in [7, 11) is 0. The maximum absolute atomic E-state index is 11.7. The number of aromatic nitrogens is 3. The maximum Gasteiger partial charge on any atom is 0.328 e. The zero-order valence-electron chi connectivity index (χ0n) is 12.5. The van der Waals surface area contributed by atoms with Crippen LogP contribution >= 0.6 is 0 Å². The molecule has 6 heteroatoms. The van der Waals surface area contributed by atoms with Gasteiger partial charge in [0.05, 0.1) is 0 Å². The number of hydrogen-bond donors (Lipinski definition) is 1. The molecule has 0 aliphatic carbocycles. The summed E-state index contributed by atoms with van der Waals surface area (Å²) in [5.74, 6) is -0.236. The summed E-state index contributed by atoms with van der Waals surface area (Å²) in [5.41, 5.74) is 7.69. The second-order valence-electron chi connectivity index (χ2n) is 5.91. The molecule has 0 atom stereocenters. The third-order valence-electron chi connectivity index (χ3n) is 3.07. The minimum atomic E-state index is -0.375. The number of nitrogens with zero attached hydrogens (tertiary/aromatic N) is 3. The number of anilines is 1. The van der Waals surface area contributed by atoms with Crippen LogP contribution in [0.4, 0.5) is 5.95 Å². The lowest BCUT2D eigenvalue weighted by molar-refractivity contribution is -0.145. The van der Waals surface area contributed by atoms with Crippen molar-refractivity contribution in [3.05, 3.63) is 41.7 Å². The van der Waals surface area contributed by atoms with E-state index < -0.39 is 0 Å². The van der Waals surface area contributed by atoms with Crippen LogP contribution in [0.25, 0.3) is 0 Å². The van der Waals surface area contributed by atoms with Gasteiger partial charge in [0.15, 0.2) is 0 Å². The molecule has 2 N–H and O–H groups in total. The van der Waals surface area contributed by atoms with Gasteiger partial charge < -0.3 is 10.5 Å². The summed E-state index contributed by atoms with van der Waals surface area (Å²) in [6.07, 6.45) is 1.40. The molecule has 1 aromatic carbocycles. The van der Waals surface area contributed by atoms with E-state index in [1.54, 1.807) is 0 Å². The van der Waals surface area contributed by atoms with Crippen LogP contribution in [0.15, 0.2) is 30.6 Å². The molecule has 0 aliphatic heterocycles. The van der Waals surface area contributed by atoms with Crippen LogP contribution in [0, 0.1) is 0 Å². The Morgan fingerprint density at radius 2 is 1.95 bits per heavy atom. The number of carbonyl (C=O) groups excluding carboxylic acids is 1. The summed E-state index contributed by atoms with van der Waals surface area (Å²) >= 11 is 0. The Morgan fingerprint density at radius 1 is 1.29 bits per heavy atom. The first-order chi connectivity index (χ1) is 9.84. The molecule has 1 heterocycles. The van der Waals surface area contributed by atoms with Crippen LogP contribution < -0.4 is 5.73 Å². The van der Waals surface area contributed by atoms with Crippen molar-refractivity contribution in [2.24, 2.45) is 0 Å². The average molecular weight is 288 g/mol. The topological polar surface area (TPSA) is 83.0 Å². The molecule has 0 bridgehead atoms. The summed E-state index contributed by atoms with van der Waals surface area (Å²) in [6.45, 7) is 6.72. The molecular formula is C15H20N4O2. The minimum Gasteiger partial charge on any atom is -0.459 e. The molecule has 6 nitrogen and oxygen atoms in total. The number of hydrogen-bond acceptors (Lipinski definition) is 5. The third kappa shape index (κ3) is 4.30. The molecule has 2 aromatic rings. The van der Waals surface area contributed by atoms with Crippen molar-refractivity contribution in [2.75, 3.05) is 5.73 Å². The zero-order chi connectivity index (χ0) is 15.5. The van der Waals surface area contributed by atoms with Gasteiger partial charge in [0.1, 0.15) is 19.5 Å². The van der Waals surface area contributed by atoms with Crippen molar-refractivity contribution in [1.29, 1.82) is 0 Å². The number of rotatable bonds is 4. The van der Waals surface area contributed by atoms with E-state index in [1.165, 1.54) is 16.6 Å². The molecule has 0 amide bonds. The van der Waals surface area contributed by atoms with Gasteiger partial charge in [0, 0.05) is 0 Å². The van der Waals surface area contributed by atoms with Crippen LogP contribution in [0.2, 0.25) is 0 Å². The van der Waals surface area contributed by atoms with E-state index in [0.717, 1.165) is 5.56 Å². The van der Waals surface area contributed by atoms with E-state index >= 15 is 0 Å². The van der Waals surface area contributed by atoms with E-state index in [-0.39, 0.29) is 30.5 Å². The number of benzene rings is 1. The Morgan fingerprint density at radius 3 is 2.48 bits per heavy atom. The second-order valence-corrected chi connectivity index (χ2v) is 5.91. The number of carbonyl (C=O) groups is 1. The summed E-state index contributed by atoms with van der Waals surface area (Å²) in [4.78, 5) is 15.4. The van der Waals surface area contributed by atoms with Crippen molar-refractivity contribution >= 4 is 11.9 Å². The van der Waals surface area contributed by atoms with E-state index in [0.29, 0.717) is 0 Å². The molecule has 0 saturated heterocycles. The highest BCUT2D eigenvalue weighted by Crippen LogP contribution is 2.22. The number of esters is 1. The molecular weight excluding hydrogens is 268 g/mol. The van der Waals surface area contributed by atoms with Gasteiger partial charge in [0.25, 0.3) is 0 Å². The van der Waals surface area contributed by atoms with Crippen LogP contribution in [-0.4, -0.2) is 20.7 Å². The third-order valence-corrected chi connectivity index (χ3v) is 3.07. The van der Waals surface area contributed by atoms with Crippen LogP contribution in [-0.2, 0) is 28.1 Å². The lowest BCUT2D eigenvalue weighted by Gasteiger charge is -2.19. The van der Waals surface area contributed by atoms with E-state index in [2.05, 4.69) is 43.0 Å². The summed E-state index contributed by atoms with van der Waals surface area (Å²) in [5, 5.41) is 3.83. The standard InChI is InChI=1S/C15H20N4O2/c1-15(2,3)12-6-4-11(5-7-12)9-21-13(20)8-19-10-17-14(16)18-19/h4-7,10H,8-9H2,1-3H3,(H2,16,18). The molecule has 0 unspecified atom stereocenters. The fourth-order valence-electron chi connectivity index (χ4n) is 1.83. The van der Waals surface area contributed by atoms with E-state index in [9.17, 15) is 4.79 Å². The van der Waals surface area contributed by atoms with Crippen molar-refractivity contribution in [2.45, 2.75) is 39.3 Å². The monoisotopic (exact) mass is 288 g/mol. The van der Waals surface area contributed by atoms with Gasteiger partial charge in [-0.2, -0.15) is 0 Å².